The summed E-state index contributed by atoms with van der Waals surface area (Å²) < 4.78 is 76.3. The molecule has 0 unspecified atom stereocenters. The highest BCUT2D eigenvalue weighted by molar-refractivity contribution is 6.22. The number of anilines is 1. The lowest BCUT2D eigenvalue weighted by Crippen LogP contribution is -2.55. The van der Waals surface area contributed by atoms with Gasteiger partial charge in [-0.25, -0.2) is 0 Å². The number of nitrogens with one attached hydrogen (secondary N) is 1. The predicted molar refractivity (Wildman–Crippen MR) is 64.9 cm³/mol. The minimum absolute atomic E-state index is 0.0313. The average Bonchev–Trinajstić information content (AvgIpc) is 2.38. The van der Waals surface area contributed by atoms with Gasteiger partial charge in [0.25, 0.3) is 0 Å². The maximum atomic E-state index is 13.1. The Kier molecular flexibility index (Phi) is 4.93. The second kappa shape index (κ2) is 5.97. The van der Waals surface area contributed by atoms with Crippen LogP contribution in [0.2, 0.25) is 0 Å². The van der Waals surface area contributed by atoms with Gasteiger partial charge in [0.05, 0.1) is 0 Å². The fourth-order valence-corrected chi connectivity index (χ4v) is 1.30. The molecule has 0 saturated heterocycles. The third-order valence-corrected chi connectivity index (χ3v) is 2.56. The normalized spacial score (nSPS) is 13.5. The molecule has 0 atom stereocenters. The molecule has 9 heteroatoms. The molecular formula is C12H8ClF6NO. The largest absolute Gasteiger partial charge is 0.394 e. The molecule has 21 heavy (non-hydrogen) atoms. The molecule has 0 aliphatic rings. The van der Waals surface area contributed by atoms with Crippen molar-refractivity contribution in [2.75, 3.05) is 5.32 Å². The van der Waals surface area contributed by atoms with Crippen LogP contribution in [0.1, 0.15) is 0 Å². The number of rotatable bonds is 6. The highest BCUT2D eigenvalue weighted by atomic mass is 35.5. The zero-order valence-corrected chi connectivity index (χ0v) is 10.9. The van der Waals surface area contributed by atoms with Gasteiger partial charge in [0.1, 0.15) is 0 Å². The van der Waals surface area contributed by atoms with Crippen molar-refractivity contribution in [1.82, 2.24) is 0 Å². The van der Waals surface area contributed by atoms with Crippen molar-refractivity contribution in [2.45, 2.75) is 17.2 Å². The summed E-state index contributed by atoms with van der Waals surface area (Å²) >= 11 is 3.93. The van der Waals surface area contributed by atoms with Crippen LogP contribution in [0.3, 0.4) is 0 Å². The van der Waals surface area contributed by atoms with Crippen LogP contribution in [0.4, 0.5) is 32.0 Å². The maximum absolute atomic E-state index is 13.1. The fraction of sp³-hybridized carbons (Fsp3) is 0.250. The smallest absolute Gasteiger partial charge is 0.362 e. The molecule has 0 aromatic heterocycles. The van der Waals surface area contributed by atoms with Crippen LogP contribution >= 0.6 is 11.6 Å². The van der Waals surface area contributed by atoms with Gasteiger partial charge in [-0.15, -0.1) is 0 Å². The third kappa shape index (κ3) is 3.69. The zero-order chi connectivity index (χ0) is 16.3. The molecule has 0 aliphatic carbocycles. The summed E-state index contributed by atoms with van der Waals surface area (Å²) in [5.74, 6) is -14.2. The Morgan fingerprint density at radius 1 is 1.05 bits per heavy atom. The van der Waals surface area contributed by atoms with Crippen LogP contribution in [-0.4, -0.2) is 23.0 Å². The summed E-state index contributed by atoms with van der Waals surface area (Å²) in [5.41, 5.74) is 0.374. The van der Waals surface area contributed by atoms with Crippen molar-refractivity contribution in [1.29, 1.82) is 0 Å². The van der Waals surface area contributed by atoms with E-state index in [1.165, 1.54) is 12.1 Å². The molecule has 1 aromatic rings. The molecule has 0 aliphatic heterocycles. The highest BCUT2D eigenvalue weighted by Gasteiger charge is 2.73. The minimum Gasteiger partial charge on any atom is -0.362 e. The summed E-state index contributed by atoms with van der Waals surface area (Å²) in [5, 5.41) is -3.22. The molecule has 1 N–H and O–H groups in total. The number of benzene rings is 1. The van der Waals surface area contributed by atoms with Gasteiger partial charge in [-0.2, -0.15) is 26.3 Å². The number of carbonyl (C=O) groups is 1. The standard InChI is InChI=1S/C12H8ClF6NO/c13-12(18,19)11(16,17)10(14,15)9(21)6-7-20-8-4-2-1-3-5-8/h1-7,20H/b7-6-. The molecule has 116 valence electrons. The second-order valence-electron chi connectivity index (χ2n) is 3.85. The van der Waals surface area contributed by atoms with Gasteiger partial charge < -0.3 is 5.32 Å². The maximum Gasteiger partial charge on any atom is 0.394 e. The Hall–Kier alpha value is -1.70. The molecule has 0 heterocycles. The van der Waals surface area contributed by atoms with E-state index in [4.69, 9.17) is 0 Å². The SMILES string of the molecule is O=C(/C=C\Nc1ccccc1)C(F)(F)C(F)(F)C(F)(F)Cl. The summed E-state index contributed by atoms with van der Waals surface area (Å²) in [6.07, 6.45) is 0.664. The zero-order valence-electron chi connectivity index (χ0n) is 10.1. The Labute approximate surface area is 120 Å². The van der Waals surface area contributed by atoms with E-state index >= 15 is 0 Å². The molecule has 1 aromatic carbocycles. The molecule has 2 nitrogen and oxygen atoms in total. The van der Waals surface area contributed by atoms with Gasteiger partial charge in [-0.1, -0.05) is 18.2 Å². The fourth-order valence-electron chi connectivity index (χ4n) is 1.19. The Morgan fingerprint density at radius 2 is 1.57 bits per heavy atom. The molecule has 0 spiro atoms. The number of alkyl halides is 7. The van der Waals surface area contributed by atoms with E-state index in [9.17, 15) is 31.1 Å². The van der Waals surface area contributed by atoms with E-state index in [2.05, 4.69) is 16.9 Å². The molecule has 0 radical (unpaired) electrons. The van der Waals surface area contributed by atoms with Crippen molar-refractivity contribution in [3.63, 3.8) is 0 Å². The van der Waals surface area contributed by atoms with Gasteiger partial charge in [0.15, 0.2) is 0 Å². The number of carbonyl (C=O) groups excluding carboxylic acids is 1. The lowest BCUT2D eigenvalue weighted by atomic mass is 10.1. The average molecular weight is 332 g/mol. The van der Waals surface area contributed by atoms with Crippen molar-refractivity contribution >= 4 is 23.1 Å². The number of ketones is 1. The summed E-state index contributed by atoms with van der Waals surface area (Å²) in [6.45, 7) is 0. The van der Waals surface area contributed by atoms with Crippen LogP contribution in [-0.2, 0) is 4.79 Å². The first-order valence-electron chi connectivity index (χ1n) is 5.35. The van der Waals surface area contributed by atoms with E-state index in [-0.39, 0.29) is 6.08 Å². The van der Waals surface area contributed by atoms with E-state index in [1.807, 2.05) is 0 Å². The van der Waals surface area contributed by atoms with Crippen LogP contribution < -0.4 is 5.32 Å². The van der Waals surface area contributed by atoms with E-state index in [0.717, 1.165) is 0 Å². The molecule has 0 bridgehead atoms. The molecular weight excluding hydrogens is 324 g/mol. The Balaban J connectivity index is 2.83. The van der Waals surface area contributed by atoms with Crippen molar-refractivity contribution in [2.24, 2.45) is 0 Å². The summed E-state index contributed by atoms with van der Waals surface area (Å²) in [6, 6.07) is 7.80. The molecule has 0 fully saturated rings. The molecule has 0 saturated carbocycles. The number of para-hydroxylation sites is 1. The van der Waals surface area contributed by atoms with Crippen LogP contribution in [0, 0.1) is 0 Å². The van der Waals surface area contributed by atoms with Gasteiger partial charge >= 0.3 is 17.2 Å². The van der Waals surface area contributed by atoms with Crippen LogP contribution in [0.5, 0.6) is 0 Å². The van der Waals surface area contributed by atoms with Crippen molar-refractivity contribution in [3.05, 3.63) is 42.6 Å². The van der Waals surface area contributed by atoms with E-state index < -0.39 is 23.0 Å². The first-order chi connectivity index (χ1) is 9.50. The first kappa shape index (κ1) is 17.4. The number of allylic oxidation sites excluding steroid dienone is 1. The predicted octanol–water partition coefficient (Wildman–Crippen LogP) is 4.28. The second-order valence-corrected chi connectivity index (χ2v) is 4.33. The van der Waals surface area contributed by atoms with Gasteiger partial charge in [-0.05, 0) is 23.7 Å². The quantitative estimate of drug-likeness (QED) is 0.479. The third-order valence-electron chi connectivity index (χ3n) is 2.32. The van der Waals surface area contributed by atoms with Crippen LogP contribution in [0.15, 0.2) is 42.6 Å². The van der Waals surface area contributed by atoms with Crippen LogP contribution in [0.25, 0.3) is 0 Å². The first-order valence-corrected chi connectivity index (χ1v) is 5.73. The lowest BCUT2D eigenvalue weighted by molar-refractivity contribution is -0.266. The summed E-state index contributed by atoms with van der Waals surface area (Å²) in [4.78, 5) is 11.0. The number of halogens is 7. The Bertz CT molecular complexity index is 526. The Morgan fingerprint density at radius 3 is 2.05 bits per heavy atom. The van der Waals surface area contributed by atoms with Gasteiger partial charge in [0.2, 0.25) is 5.78 Å². The van der Waals surface area contributed by atoms with Crippen molar-refractivity contribution in [3.8, 4) is 0 Å². The van der Waals surface area contributed by atoms with Crippen molar-refractivity contribution < 1.29 is 31.1 Å². The monoisotopic (exact) mass is 331 g/mol. The van der Waals surface area contributed by atoms with Gasteiger partial charge in [-0.3, -0.25) is 4.79 Å². The van der Waals surface area contributed by atoms with E-state index in [1.54, 1.807) is 18.2 Å². The number of hydrogen-bond acceptors (Lipinski definition) is 2. The molecule has 1 rings (SSSR count). The van der Waals surface area contributed by atoms with Gasteiger partial charge in [0, 0.05) is 18.0 Å². The highest BCUT2D eigenvalue weighted by Crippen LogP contribution is 2.48. The van der Waals surface area contributed by atoms with E-state index in [0.29, 0.717) is 11.9 Å². The summed E-state index contributed by atoms with van der Waals surface area (Å²) in [7, 11) is 0. The lowest BCUT2D eigenvalue weighted by Gasteiger charge is -2.27. The minimum atomic E-state index is -6.02. The molecule has 0 amide bonds. The number of hydrogen-bond donors (Lipinski definition) is 1. The topological polar surface area (TPSA) is 29.1 Å².